The van der Waals surface area contributed by atoms with Crippen molar-refractivity contribution in [3.8, 4) is 0 Å². The zero-order valence-corrected chi connectivity index (χ0v) is 15.5. The van der Waals surface area contributed by atoms with E-state index in [1.807, 2.05) is 16.2 Å². The molecule has 6 heteroatoms. The van der Waals surface area contributed by atoms with E-state index in [1.165, 1.54) is 15.6 Å². The molecule has 2 aliphatic heterocycles. The molecule has 2 atom stereocenters. The predicted molar refractivity (Wildman–Crippen MR) is 93.6 cm³/mol. The summed E-state index contributed by atoms with van der Waals surface area (Å²) in [4.78, 5) is 24.6. The summed E-state index contributed by atoms with van der Waals surface area (Å²) in [6, 6.07) is 0.624. The minimum absolute atomic E-state index is 0.210. The second-order valence-corrected chi connectivity index (χ2v) is 8.31. The van der Waals surface area contributed by atoms with Crippen LogP contribution in [-0.4, -0.2) is 70.9 Å². The van der Waals surface area contributed by atoms with Crippen LogP contribution in [0, 0.1) is 19.8 Å². The molecule has 1 aromatic heterocycles. The van der Waals surface area contributed by atoms with E-state index < -0.39 is 0 Å². The van der Waals surface area contributed by atoms with Gasteiger partial charge in [0.05, 0.1) is 10.7 Å². The average Bonchev–Trinajstić information content (AvgIpc) is 3.01. The summed E-state index contributed by atoms with van der Waals surface area (Å²) >= 11 is 1.83. The zero-order valence-electron chi connectivity index (χ0n) is 14.7. The largest absolute Gasteiger partial charge is 0.340 e. The topological polar surface area (TPSA) is 39.7 Å². The highest BCUT2D eigenvalue weighted by atomic mass is 32.1. The van der Waals surface area contributed by atoms with E-state index in [-0.39, 0.29) is 5.91 Å². The summed E-state index contributed by atoms with van der Waals surface area (Å²) in [5.74, 6) is 0.898. The van der Waals surface area contributed by atoms with Gasteiger partial charge in [-0.25, -0.2) is 4.98 Å². The van der Waals surface area contributed by atoms with E-state index in [0.717, 1.165) is 45.8 Å². The Kier molecular flexibility index (Phi) is 5.04. The van der Waals surface area contributed by atoms with Gasteiger partial charge in [-0.2, -0.15) is 0 Å². The van der Waals surface area contributed by atoms with E-state index in [1.54, 1.807) is 6.92 Å². The average molecular weight is 337 g/mol. The third-order valence-corrected chi connectivity index (χ3v) is 6.30. The van der Waals surface area contributed by atoms with Crippen LogP contribution in [0.4, 0.5) is 0 Å². The smallest absolute Gasteiger partial charge is 0.219 e. The molecule has 2 saturated heterocycles. The number of hydrogen-bond acceptors (Lipinski definition) is 5. The minimum atomic E-state index is 0.210. The summed E-state index contributed by atoms with van der Waals surface area (Å²) in [6.07, 6.45) is 0. The van der Waals surface area contributed by atoms with Gasteiger partial charge in [0.1, 0.15) is 0 Å². The SMILES string of the molecule is CC(=O)N1CCN([C@@H]2CN(Cc3sc(C)nc3C)C[C@H]2C)CC1. The summed E-state index contributed by atoms with van der Waals surface area (Å²) < 4.78 is 0. The van der Waals surface area contributed by atoms with E-state index in [0.29, 0.717) is 12.0 Å². The molecule has 1 aromatic rings. The Hall–Kier alpha value is -0.980. The van der Waals surface area contributed by atoms with E-state index >= 15 is 0 Å². The minimum Gasteiger partial charge on any atom is -0.340 e. The van der Waals surface area contributed by atoms with Gasteiger partial charge in [-0.15, -0.1) is 11.3 Å². The number of thiazole rings is 1. The first-order valence-corrected chi connectivity index (χ1v) is 9.40. The fourth-order valence-electron chi connectivity index (χ4n) is 3.94. The van der Waals surface area contributed by atoms with Crippen molar-refractivity contribution in [3.05, 3.63) is 15.6 Å². The van der Waals surface area contributed by atoms with Crippen LogP contribution in [0.2, 0.25) is 0 Å². The molecule has 3 rings (SSSR count). The maximum Gasteiger partial charge on any atom is 0.219 e. The van der Waals surface area contributed by atoms with Gasteiger partial charge in [-0.1, -0.05) is 6.92 Å². The van der Waals surface area contributed by atoms with Gasteiger partial charge in [0.25, 0.3) is 0 Å². The number of aromatic nitrogens is 1. The number of amides is 1. The number of aryl methyl sites for hydroxylation is 2. The van der Waals surface area contributed by atoms with Crippen LogP contribution in [0.15, 0.2) is 0 Å². The van der Waals surface area contributed by atoms with Crippen molar-refractivity contribution in [1.29, 1.82) is 0 Å². The van der Waals surface area contributed by atoms with Gasteiger partial charge in [0, 0.05) is 63.7 Å². The Morgan fingerprint density at radius 3 is 2.48 bits per heavy atom. The maximum absolute atomic E-state index is 11.5. The number of nitrogens with zero attached hydrogens (tertiary/aromatic N) is 4. The van der Waals surface area contributed by atoms with Crippen molar-refractivity contribution < 1.29 is 4.79 Å². The molecule has 0 bridgehead atoms. The standard InChI is InChI=1S/C17H28N4OS/c1-12-9-19(11-17-13(2)18-14(3)23-17)10-16(12)21-7-5-20(6-8-21)15(4)22/h12,16H,5-11H2,1-4H3/t12-,16-/m1/s1. The van der Waals surface area contributed by atoms with Crippen molar-refractivity contribution >= 4 is 17.2 Å². The Labute approximate surface area is 143 Å². The lowest BCUT2D eigenvalue weighted by atomic mass is 10.0. The molecule has 2 aliphatic rings. The van der Waals surface area contributed by atoms with Crippen molar-refractivity contribution in [2.24, 2.45) is 5.92 Å². The molecule has 0 saturated carbocycles. The number of rotatable bonds is 3. The lowest BCUT2D eigenvalue weighted by Gasteiger charge is -2.39. The maximum atomic E-state index is 11.5. The normalized spacial score (nSPS) is 26.9. The quantitative estimate of drug-likeness (QED) is 0.843. The summed E-state index contributed by atoms with van der Waals surface area (Å²) in [7, 11) is 0. The van der Waals surface area contributed by atoms with E-state index in [2.05, 4.69) is 35.6 Å². The van der Waals surface area contributed by atoms with Gasteiger partial charge in [-0.3, -0.25) is 14.6 Å². The zero-order chi connectivity index (χ0) is 16.6. The molecule has 5 nitrogen and oxygen atoms in total. The molecule has 3 heterocycles. The number of hydrogen-bond donors (Lipinski definition) is 0. The van der Waals surface area contributed by atoms with Crippen LogP contribution < -0.4 is 0 Å². The Morgan fingerprint density at radius 1 is 1.22 bits per heavy atom. The highest BCUT2D eigenvalue weighted by Crippen LogP contribution is 2.27. The summed E-state index contributed by atoms with van der Waals surface area (Å²) in [5.41, 5.74) is 1.19. The molecule has 0 spiro atoms. The molecule has 1 amide bonds. The predicted octanol–water partition coefficient (Wildman–Crippen LogP) is 1.74. The highest BCUT2D eigenvalue weighted by Gasteiger charge is 2.35. The van der Waals surface area contributed by atoms with Gasteiger partial charge in [0.2, 0.25) is 5.91 Å². The van der Waals surface area contributed by atoms with Gasteiger partial charge in [0.15, 0.2) is 0 Å². The monoisotopic (exact) mass is 336 g/mol. The van der Waals surface area contributed by atoms with Crippen LogP contribution >= 0.6 is 11.3 Å². The van der Waals surface area contributed by atoms with Crippen molar-refractivity contribution in [1.82, 2.24) is 19.7 Å². The molecule has 0 N–H and O–H groups in total. The highest BCUT2D eigenvalue weighted by molar-refractivity contribution is 7.11. The summed E-state index contributed by atoms with van der Waals surface area (Å²) in [5, 5.41) is 1.17. The molecule has 128 valence electrons. The number of piperazine rings is 1. The van der Waals surface area contributed by atoms with Crippen LogP contribution in [0.5, 0.6) is 0 Å². The van der Waals surface area contributed by atoms with Gasteiger partial charge in [-0.05, 0) is 19.8 Å². The molecule has 2 fully saturated rings. The van der Waals surface area contributed by atoms with Gasteiger partial charge >= 0.3 is 0 Å². The molecule has 0 aromatic carbocycles. The Balaban J connectivity index is 1.56. The Bertz CT molecular complexity index is 565. The van der Waals surface area contributed by atoms with Crippen molar-refractivity contribution in [3.63, 3.8) is 0 Å². The third kappa shape index (κ3) is 3.75. The molecule has 0 unspecified atom stereocenters. The van der Waals surface area contributed by atoms with Crippen LogP contribution in [-0.2, 0) is 11.3 Å². The van der Waals surface area contributed by atoms with Crippen LogP contribution in [0.25, 0.3) is 0 Å². The fraction of sp³-hybridized carbons (Fsp3) is 0.765. The fourth-order valence-corrected chi connectivity index (χ4v) is 4.92. The van der Waals surface area contributed by atoms with Crippen LogP contribution in [0.3, 0.4) is 0 Å². The van der Waals surface area contributed by atoms with E-state index in [4.69, 9.17) is 0 Å². The van der Waals surface area contributed by atoms with Crippen molar-refractivity contribution in [2.75, 3.05) is 39.3 Å². The Morgan fingerprint density at radius 2 is 1.91 bits per heavy atom. The number of likely N-dealkylation sites (tertiary alicyclic amines) is 1. The lowest BCUT2D eigenvalue weighted by molar-refractivity contribution is -0.130. The first-order chi connectivity index (χ1) is 10.9. The molecule has 0 radical (unpaired) electrons. The first-order valence-electron chi connectivity index (χ1n) is 8.59. The van der Waals surface area contributed by atoms with E-state index in [9.17, 15) is 4.79 Å². The lowest BCUT2D eigenvalue weighted by Crippen LogP contribution is -2.53. The van der Waals surface area contributed by atoms with Crippen LogP contribution in [0.1, 0.15) is 29.4 Å². The van der Waals surface area contributed by atoms with Gasteiger partial charge < -0.3 is 4.90 Å². The second kappa shape index (κ2) is 6.87. The first kappa shape index (κ1) is 16.9. The molecule has 0 aliphatic carbocycles. The number of carbonyl (C=O) groups is 1. The molecular weight excluding hydrogens is 308 g/mol. The molecule has 23 heavy (non-hydrogen) atoms. The van der Waals surface area contributed by atoms with Crippen molar-refractivity contribution in [2.45, 2.75) is 40.3 Å². The number of carbonyl (C=O) groups excluding carboxylic acids is 1. The molecular formula is C17H28N4OS. The third-order valence-electron chi connectivity index (χ3n) is 5.24. The second-order valence-electron chi connectivity index (χ2n) is 7.02. The summed E-state index contributed by atoms with van der Waals surface area (Å²) in [6.45, 7) is 15.4.